The number of rotatable bonds is 1. The van der Waals surface area contributed by atoms with Gasteiger partial charge < -0.3 is 0 Å². The van der Waals surface area contributed by atoms with Gasteiger partial charge in [-0.3, -0.25) is 0 Å². The molecule has 4 aromatic heterocycles. The van der Waals surface area contributed by atoms with Crippen LogP contribution < -0.4 is 8.96 Å². The molecule has 7 rings (SSSR count). The van der Waals surface area contributed by atoms with Gasteiger partial charge in [0.15, 0.2) is 0 Å². The van der Waals surface area contributed by atoms with Crippen LogP contribution in [0, 0.1) is 6.92 Å². The summed E-state index contributed by atoms with van der Waals surface area (Å²) < 4.78 is 9.29. The van der Waals surface area contributed by atoms with Crippen LogP contribution in [-0.4, -0.2) is 17.7 Å². The summed E-state index contributed by atoms with van der Waals surface area (Å²) in [6.07, 6.45) is 2.25. The molecule has 2 nitrogen and oxygen atoms in total. The second-order valence-corrected chi connectivity index (χ2v) is 22.0. The monoisotopic (exact) mass is 495 g/mol. The Bertz CT molecular complexity index is 1880. The second-order valence-electron chi connectivity index (χ2n) is 10.2. The van der Waals surface area contributed by atoms with Gasteiger partial charge in [-0.1, -0.05) is 0 Å². The summed E-state index contributed by atoms with van der Waals surface area (Å²) in [5.41, 5.74) is 6.83. The number of benzene rings is 3. The Morgan fingerprint density at radius 3 is 2.50 bits per heavy atom. The van der Waals surface area contributed by atoms with E-state index in [1.165, 1.54) is 64.0 Å². The topological polar surface area (TPSA) is 8.29 Å². The Kier molecular flexibility index (Phi) is 3.56. The van der Waals surface area contributed by atoms with Crippen LogP contribution in [0.15, 0.2) is 60.8 Å². The number of hydrogen-bond donors (Lipinski definition) is 0. The van der Waals surface area contributed by atoms with Gasteiger partial charge in [-0.05, 0) is 0 Å². The summed E-state index contributed by atoms with van der Waals surface area (Å²) in [7, 11) is 2.20. The van der Waals surface area contributed by atoms with Crippen molar-refractivity contribution in [3.63, 3.8) is 0 Å². The fourth-order valence-electron chi connectivity index (χ4n) is 5.59. The fourth-order valence-corrected chi connectivity index (χ4v) is 9.23. The summed E-state index contributed by atoms with van der Waals surface area (Å²) in [5.74, 6) is 7.50. The van der Waals surface area contributed by atoms with Crippen LogP contribution in [0.3, 0.4) is 0 Å². The Morgan fingerprint density at radius 1 is 0.875 bits per heavy atom. The van der Waals surface area contributed by atoms with Crippen LogP contribution in [-0.2, 0) is 7.05 Å². The van der Waals surface area contributed by atoms with Crippen molar-refractivity contribution in [2.75, 3.05) is 0 Å². The maximum absolute atomic E-state index is 2.61. The number of thiophene rings is 1. The minimum atomic E-state index is -2.04. The molecule has 0 aliphatic rings. The zero-order valence-electron chi connectivity index (χ0n) is 19.1. The molecule has 7 aromatic rings. The number of fused-ring (bicyclic) bond motifs is 7. The maximum atomic E-state index is 2.61. The Balaban J connectivity index is 1.93. The Hall–Kier alpha value is -2.63. The van der Waals surface area contributed by atoms with Crippen molar-refractivity contribution in [2.45, 2.75) is 24.2 Å². The molecule has 0 radical (unpaired) electrons. The quantitative estimate of drug-likeness (QED) is 0.102. The van der Waals surface area contributed by atoms with Crippen molar-refractivity contribution in [2.24, 2.45) is 7.05 Å². The van der Waals surface area contributed by atoms with E-state index < -0.39 is 13.3 Å². The Labute approximate surface area is 193 Å². The number of aryl methyl sites for hydroxylation is 2. The first-order valence-electron chi connectivity index (χ1n) is 11.3. The van der Waals surface area contributed by atoms with Crippen molar-refractivity contribution in [1.82, 2.24) is 4.40 Å². The van der Waals surface area contributed by atoms with Crippen molar-refractivity contribution in [1.29, 1.82) is 0 Å². The third kappa shape index (κ3) is 2.23. The van der Waals surface area contributed by atoms with Gasteiger partial charge in [0.25, 0.3) is 0 Å². The first kappa shape index (κ1) is 18.9. The number of nitrogens with zero attached hydrogens (tertiary/aromatic N) is 2. The molecule has 0 saturated carbocycles. The Morgan fingerprint density at radius 2 is 1.69 bits per heavy atom. The molecule has 4 heterocycles. The summed E-state index contributed by atoms with van der Waals surface area (Å²) in [6.45, 7) is 2.26. The average Bonchev–Trinajstić information content (AvgIpc) is 3.28. The minimum absolute atomic E-state index is 1.35. The SMILES string of the molecule is Cc1ccc2c3sc4ccccc4c3n3c4c[c]([Ge]([CH3])([CH3])[CH3])cc5cc[n+](C)c(c1c23)c54. The van der Waals surface area contributed by atoms with Crippen LogP contribution in [0.1, 0.15) is 5.56 Å². The summed E-state index contributed by atoms with van der Waals surface area (Å²) in [4.78, 5) is 0. The molecule has 0 unspecified atom stereocenters. The van der Waals surface area contributed by atoms with Gasteiger partial charge in [-0.15, -0.1) is 0 Å². The van der Waals surface area contributed by atoms with Gasteiger partial charge >= 0.3 is 194 Å². The first-order chi connectivity index (χ1) is 15.3. The van der Waals surface area contributed by atoms with E-state index in [4.69, 9.17) is 0 Å². The average molecular weight is 494 g/mol. The standard InChI is InChI=1S/C28H25GeN2S/c1-16-10-11-20-25-23(16)27-24-17(12-13-30(27)5)14-18(29(2,3)4)15-21(24)31(25)26-19-8-6-7-9-22(19)32-28(20)26/h6-15H,1-5H3/q+1. The number of hydrogen-bond acceptors (Lipinski definition) is 1. The van der Waals surface area contributed by atoms with E-state index in [1.54, 1.807) is 4.40 Å². The normalized spacial score (nSPS) is 13.2. The van der Waals surface area contributed by atoms with E-state index in [0.717, 1.165) is 0 Å². The number of aromatic nitrogens is 2. The van der Waals surface area contributed by atoms with E-state index in [0.29, 0.717) is 0 Å². The number of pyridine rings is 2. The van der Waals surface area contributed by atoms with E-state index in [-0.39, 0.29) is 0 Å². The molecule has 4 heteroatoms. The zero-order valence-corrected chi connectivity index (χ0v) is 22.0. The molecule has 0 saturated heterocycles. The molecule has 0 aliphatic carbocycles. The summed E-state index contributed by atoms with van der Waals surface area (Å²) >= 11 is -0.108. The summed E-state index contributed by atoms with van der Waals surface area (Å²) in [6, 6.07) is 20.9. The van der Waals surface area contributed by atoms with Gasteiger partial charge in [0.1, 0.15) is 0 Å². The predicted molar refractivity (Wildman–Crippen MR) is 143 cm³/mol. The predicted octanol–water partition coefficient (Wildman–Crippen LogP) is 6.88. The van der Waals surface area contributed by atoms with Crippen LogP contribution >= 0.6 is 11.3 Å². The van der Waals surface area contributed by atoms with Gasteiger partial charge in [-0.25, -0.2) is 0 Å². The van der Waals surface area contributed by atoms with Crippen molar-refractivity contribution >= 4 is 87.4 Å². The molecule has 0 amide bonds. The molecule has 3 aromatic carbocycles. The van der Waals surface area contributed by atoms with Crippen molar-refractivity contribution < 1.29 is 4.57 Å². The van der Waals surface area contributed by atoms with Crippen molar-refractivity contribution in [3.05, 3.63) is 66.4 Å². The molecule has 32 heavy (non-hydrogen) atoms. The first-order valence-corrected chi connectivity index (χ1v) is 19.4. The molecule has 0 aliphatic heterocycles. The van der Waals surface area contributed by atoms with Crippen LogP contribution in [0.25, 0.3) is 58.4 Å². The van der Waals surface area contributed by atoms with E-state index in [2.05, 4.69) is 101 Å². The molecule has 0 fully saturated rings. The molecule has 156 valence electrons. The van der Waals surface area contributed by atoms with Crippen molar-refractivity contribution in [3.8, 4) is 0 Å². The summed E-state index contributed by atoms with van der Waals surface area (Å²) in [5, 5.41) is 6.90. The van der Waals surface area contributed by atoms with Crippen LogP contribution in [0.2, 0.25) is 17.3 Å². The second kappa shape index (κ2) is 6.03. The zero-order chi connectivity index (χ0) is 21.9. The third-order valence-electron chi connectivity index (χ3n) is 7.21. The molecule has 0 spiro atoms. The van der Waals surface area contributed by atoms with E-state index >= 15 is 0 Å². The van der Waals surface area contributed by atoms with Gasteiger partial charge in [-0.2, -0.15) is 0 Å². The molecule has 0 N–H and O–H groups in total. The molecule has 0 bridgehead atoms. The van der Waals surface area contributed by atoms with Crippen LogP contribution in [0.4, 0.5) is 0 Å². The van der Waals surface area contributed by atoms with Crippen LogP contribution in [0.5, 0.6) is 0 Å². The molecular formula is C28H25GeN2S+. The molecular weight excluding hydrogens is 469 g/mol. The van der Waals surface area contributed by atoms with Gasteiger partial charge in [0.2, 0.25) is 0 Å². The van der Waals surface area contributed by atoms with E-state index in [9.17, 15) is 0 Å². The van der Waals surface area contributed by atoms with E-state index in [1.807, 2.05) is 11.3 Å². The van der Waals surface area contributed by atoms with Gasteiger partial charge in [0, 0.05) is 0 Å². The third-order valence-corrected chi connectivity index (χ3v) is 12.6. The van der Waals surface area contributed by atoms with Gasteiger partial charge in [0.05, 0.1) is 0 Å². The fraction of sp³-hybridized carbons (Fsp3) is 0.179. The molecule has 0 atom stereocenters.